The monoisotopic (exact) mass is 358 g/mol. The van der Waals surface area contributed by atoms with E-state index in [0.29, 0.717) is 20.3 Å². The molecular weight excluding hydrogens is 353 g/mol. The zero-order valence-corrected chi connectivity index (χ0v) is 13.0. The minimum Gasteiger partial charge on any atom is -0.298 e. The molecule has 8 heteroatoms. The average Bonchev–Trinajstić information content (AvgIpc) is 2.84. The summed E-state index contributed by atoms with van der Waals surface area (Å²) in [5.74, 6) is -2.31. The molecule has 0 bridgehead atoms. The molecule has 1 aromatic heterocycles. The summed E-state index contributed by atoms with van der Waals surface area (Å²) in [5.41, 5.74) is 0.0782. The van der Waals surface area contributed by atoms with Crippen molar-refractivity contribution >= 4 is 55.8 Å². The summed E-state index contributed by atoms with van der Waals surface area (Å²) in [5, 5.41) is 3.42. The van der Waals surface area contributed by atoms with Crippen molar-refractivity contribution in [3.63, 3.8) is 0 Å². The number of anilines is 1. The summed E-state index contributed by atoms with van der Waals surface area (Å²) in [6.07, 6.45) is 0. The number of hydrogen-bond donors (Lipinski definition) is 1. The van der Waals surface area contributed by atoms with Crippen LogP contribution < -0.4 is 5.32 Å². The van der Waals surface area contributed by atoms with Gasteiger partial charge in [0.05, 0.1) is 15.3 Å². The van der Waals surface area contributed by atoms with Crippen LogP contribution >= 0.6 is 34.5 Å². The van der Waals surface area contributed by atoms with E-state index >= 15 is 0 Å². The van der Waals surface area contributed by atoms with E-state index in [1.165, 1.54) is 6.07 Å². The molecule has 0 spiro atoms. The highest BCUT2D eigenvalue weighted by Crippen LogP contribution is 2.33. The van der Waals surface area contributed by atoms with Gasteiger partial charge in [-0.2, -0.15) is 0 Å². The van der Waals surface area contributed by atoms with Gasteiger partial charge in [-0.25, -0.2) is 13.8 Å². The fourth-order valence-corrected chi connectivity index (χ4v) is 3.43. The van der Waals surface area contributed by atoms with Crippen molar-refractivity contribution in [1.82, 2.24) is 4.98 Å². The molecule has 0 atom stereocenters. The summed E-state index contributed by atoms with van der Waals surface area (Å²) in [4.78, 5) is 16.2. The van der Waals surface area contributed by atoms with Crippen LogP contribution in [0.25, 0.3) is 10.2 Å². The first-order chi connectivity index (χ1) is 10.4. The Hall–Kier alpha value is -1.76. The molecule has 0 saturated carbocycles. The van der Waals surface area contributed by atoms with Crippen LogP contribution in [-0.4, -0.2) is 10.9 Å². The molecule has 0 aliphatic rings. The third-order valence-electron chi connectivity index (χ3n) is 2.81. The highest BCUT2D eigenvalue weighted by molar-refractivity contribution is 7.22. The molecule has 1 N–H and O–H groups in total. The van der Waals surface area contributed by atoms with E-state index in [1.54, 1.807) is 6.07 Å². The Labute approximate surface area is 137 Å². The van der Waals surface area contributed by atoms with Crippen molar-refractivity contribution in [1.29, 1.82) is 0 Å². The summed E-state index contributed by atoms with van der Waals surface area (Å²) >= 11 is 13.0. The van der Waals surface area contributed by atoms with Crippen LogP contribution in [0.1, 0.15) is 10.4 Å². The predicted molar refractivity (Wildman–Crippen MR) is 84.0 cm³/mol. The maximum absolute atomic E-state index is 13.6. The second-order valence-electron chi connectivity index (χ2n) is 4.33. The number of carbonyl (C=O) groups is 1. The molecule has 0 aliphatic carbocycles. The largest absolute Gasteiger partial charge is 0.298 e. The van der Waals surface area contributed by atoms with E-state index in [0.717, 1.165) is 29.5 Å². The Morgan fingerprint density at radius 1 is 1.18 bits per heavy atom. The number of carbonyl (C=O) groups excluding carboxylic acids is 1. The number of nitrogens with zero attached hydrogens (tertiary/aromatic N) is 1. The van der Waals surface area contributed by atoms with Crippen LogP contribution in [0.2, 0.25) is 10.0 Å². The second kappa shape index (κ2) is 5.79. The molecule has 0 saturated heterocycles. The second-order valence-corrected chi connectivity index (χ2v) is 6.21. The van der Waals surface area contributed by atoms with Gasteiger partial charge in [0.1, 0.15) is 17.2 Å². The maximum atomic E-state index is 13.6. The number of rotatable bonds is 2. The lowest BCUT2D eigenvalue weighted by atomic mass is 10.2. The first-order valence-electron chi connectivity index (χ1n) is 5.96. The number of benzene rings is 2. The Kier molecular flexibility index (Phi) is 3.99. The number of aromatic nitrogens is 1. The Morgan fingerprint density at radius 3 is 2.73 bits per heavy atom. The molecule has 0 aliphatic heterocycles. The van der Waals surface area contributed by atoms with Crippen LogP contribution in [0.4, 0.5) is 13.9 Å². The lowest BCUT2D eigenvalue weighted by molar-refractivity contribution is 0.102. The third-order valence-corrected chi connectivity index (χ3v) is 4.23. The Morgan fingerprint density at radius 2 is 1.95 bits per heavy atom. The summed E-state index contributed by atoms with van der Waals surface area (Å²) in [6.45, 7) is 0. The van der Waals surface area contributed by atoms with Gasteiger partial charge in [0.2, 0.25) is 0 Å². The molecule has 3 nitrogen and oxygen atoms in total. The van der Waals surface area contributed by atoms with E-state index < -0.39 is 23.1 Å². The summed E-state index contributed by atoms with van der Waals surface area (Å²) in [6, 6.07) is 5.83. The quantitative estimate of drug-likeness (QED) is 0.689. The number of fused-ring (bicyclic) bond motifs is 1. The van der Waals surface area contributed by atoms with Crippen LogP contribution in [-0.2, 0) is 0 Å². The van der Waals surface area contributed by atoms with Gasteiger partial charge in [0.15, 0.2) is 5.13 Å². The molecule has 112 valence electrons. The lowest BCUT2D eigenvalue weighted by Crippen LogP contribution is -2.13. The molecule has 3 rings (SSSR count). The molecule has 0 unspecified atom stereocenters. The maximum Gasteiger partial charge on any atom is 0.260 e. The van der Waals surface area contributed by atoms with Gasteiger partial charge in [-0.15, -0.1) is 0 Å². The summed E-state index contributed by atoms with van der Waals surface area (Å²) < 4.78 is 27.4. The highest BCUT2D eigenvalue weighted by atomic mass is 35.5. The summed E-state index contributed by atoms with van der Waals surface area (Å²) in [7, 11) is 0. The van der Waals surface area contributed by atoms with Crippen molar-refractivity contribution in [3.05, 3.63) is 57.6 Å². The molecular formula is C14H6Cl2F2N2OS. The predicted octanol–water partition coefficient (Wildman–Crippen LogP) is 5.13. The molecule has 2 aromatic carbocycles. The lowest BCUT2D eigenvalue weighted by Gasteiger charge is -2.02. The topological polar surface area (TPSA) is 42.0 Å². The van der Waals surface area contributed by atoms with Crippen LogP contribution in [0, 0.1) is 11.6 Å². The normalized spacial score (nSPS) is 10.9. The fraction of sp³-hybridized carbons (Fsp3) is 0. The van der Waals surface area contributed by atoms with Gasteiger partial charge in [0.25, 0.3) is 5.91 Å². The molecule has 3 aromatic rings. The van der Waals surface area contributed by atoms with Crippen LogP contribution in [0.15, 0.2) is 30.3 Å². The molecule has 0 radical (unpaired) electrons. The van der Waals surface area contributed by atoms with E-state index in [1.807, 2.05) is 0 Å². The van der Waals surface area contributed by atoms with Crippen molar-refractivity contribution in [2.75, 3.05) is 5.32 Å². The molecule has 0 fully saturated rings. The van der Waals surface area contributed by atoms with Crippen LogP contribution in [0.5, 0.6) is 0 Å². The van der Waals surface area contributed by atoms with Crippen molar-refractivity contribution in [2.24, 2.45) is 0 Å². The van der Waals surface area contributed by atoms with Gasteiger partial charge < -0.3 is 0 Å². The molecule has 22 heavy (non-hydrogen) atoms. The van der Waals surface area contributed by atoms with Gasteiger partial charge in [0, 0.05) is 5.02 Å². The number of hydrogen-bond acceptors (Lipinski definition) is 3. The number of thiazole rings is 1. The van der Waals surface area contributed by atoms with E-state index in [4.69, 9.17) is 23.2 Å². The zero-order chi connectivity index (χ0) is 15.9. The smallest absolute Gasteiger partial charge is 0.260 e. The average molecular weight is 359 g/mol. The molecule has 1 amide bonds. The van der Waals surface area contributed by atoms with E-state index in [9.17, 15) is 13.6 Å². The Bertz CT molecular complexity index is 898. The third kappa shape index (κ3) is 2.90. The Balaban J connectivity index is 1.94. The minimum absolute atomic E-state index is 0.216. The van der Waals surface area contributed by atoms with Gasteiger partial charge in [-0.1, -0.05) is 34.5 Å². The van der Waals surface area contributed by atoms with Gasteiger partial charge in [-0.3, -0.25) is 10.1 Å². The van der Waals surface area contributed by atoms with Crippen molar-refractivity contribution in [3.8, 4) is 0 Å². The first-order valence-corrected chi connectivity index (χ1v) is 7.53. The SMILES string of the molecule is O=C(Nc1nc2c(Cl)cc(Cl)cc2s1)c1cc(F)ccc1F. The van der Waals surface area contributed by atoms with Crippen molar-refractivity contribution < 1.29 is 13.6 Å². The van der Waals surface area contributed by atoms with Crippen LogP contribution in [0.3, 0.4) is 0 Å². The first kappa shape index (κ1) is 15.1. The highest BCUT2D eigenvalue weighted by Gasteiger charge is 2.16. The zero-order valence-electron chi connectivity index (χ0n) is 10.7. The fourth-order valence-electron chi connectivity index (χ4n) is 1.85. The van der Waals surface area contributed by atoms with Gasteiger partial charge in [-0.05, 0) is 30.3 Å². The van der Waals surface area contributed by atoms with E-state index in [-0.39, 0.29) is 5.13 Å². The number of halogens is 4. The number of nitrogens with one attached hydrogen (secondary N) is 1. The standard InChI is InChI=1S/C14H6Cl2F2N2OS/c15-6-3-9(16)12-11(4-6)22-14(19-12)20-13(21)8-5-7(17)1-2-10(8)18/h1-5H,(H,19,20,21). The van der Waals surface area contributed by atoms with Crippen molar-refractivity contribution in [2.45, 2.75) is 0 Å². The van der Waals surface area contributed by atoms with E-state index in [2.05, 4.69) is 10.3 Å². The minimum atomic E-state index is -0.818. The molecule has 1 heterocycles. The van der Waals surface area contributed by atoms with Gasteiger partial charge >= 0.3 is 0 Å². The number of amides is 1.